The number of amides is 2. The lowest BCUT2D eigenvalue weighted by Crippen LogP contribution is -2.53. The Kier molecular flexibility index (Phi) is 7.93. The number of ether oxygens (including phenoxy) is 3. The highest BCUT2D eigenvalue weighted by molar-refractivity contribution is 5.80. The zero-order valence-electron chi connectivity index (χ0n) is 18.4. The number of hydrogen-bond donors (Lipinski definition) is 0. The van der Waals surface area contributed by atoms with E-state index in [-0.39, 0.29) is 35.5 Å². The van der Waals surface area contributed by atoms with Crippen molar-refractivity contribution in [3.8, 4) is 0 Å². The van der Waals surface area contributed by atoms with Gasteiger partial charge in [-0.2, -0.15) is 0 Å². The van der Waals surface area contributed by atoms with Crippen molar-refractivity contribution in [3.05, 3.63) is 0 Å². The molecule has 1 unspecified atom stereocenters. The molecule has 0 aromatic carbocycles. The van der Waals surface area contributed by atoms with Crippen LogP contribution in [0.3, 0.4) is 0 Å². The standard InChI is InChI=1S/C22H38N2O5/c1-17(2)27-14-15-28-20-6-13-29-22(16-20)7-11-24(12-8-22)21(26)19-4-9-23(10-5-19)18(3)25/h17,19-20H,4-16H2,1-3H3. The maximum atomic E-state index is 12.9. The summed E-state index contributed by atoms with van der Waals surface area (Å²) in [7, 11) is 0. The molecule has 3 saturated heterocycles. The molecule has 29 heavy (non-hydrogen) atoms. The average molecular weight is 411 g/mol. The molecule has 0 aromatic heterocycles. The quantitative estimate of drug-likeness (QED) is 0.628. The van der Waals surface area contributed by atoms with Gasteiger partial charge in [0.1, 0.15) is 0 Å². The fraction of sp³-hybridized carbons (Fsp3) is 0.909. The van der Waals surface area contributed by atoms with Crippen LogP contribution >= 0.6 is 0 Å². The molecule has 3 fully saturated rings. The van der Waals surface area contributed by atoms with Crippen LogP contribution in [-0.4, -0.2) is 85.4 Å². The van der Waals surface area contributed by atoms with Crippen molar-refractivity contribution in [3.63, 3.8) is 0 Å². The fourth-order valence-corrected chi connectivity index (χ4v) is 4.81. The average Bonchev–Trinajstić information content (AvgIpc) is 2.71. The van der Waals surface area contributed by atoms with Gasteiger partial charge >= 0.3 is 0 Å². The number of piperidine rings is 2. The minimum Gasteiger partial charge on any atom is -0.376 e. The van der Waals surface area contributed by atoms with E-state index in [1.807, 2.05) is 23.6 Å². The van der Waals surface area contributed by atoms with E-state index < -0.39 is 0 Å². The summed E-state index contributed by atoms with van der Waals surface area (Å²) in [6, 6.07) is 0. The van der Waals surface area contributed by atoms with Crippen LogP contribution in [0.1, 0.15) is 59.3 Å². The maximum absolute atomic E-state index is 12.9. The molecule has 3 rings (SSSR count). The van der Waals surface area contributed by atoms with Crippen LogP contribution in [-0.2, 0) is 23.8 Å². The summed E-state index contributed by atoms with van der Waals surface area (Å²) < 4.78 is 17.8. The molecule has 0 saturated carbocycles. The van der Waals surface area contributed by atoms with Gasteiger partial charge in [-0.25, -0.2) is 0 Å². The summed E-state index contributed by atoms with van der Waals surface area (Å²) in [6.45, 7) is 10.6. The first kappa shape index (κ1) is 22.5. The molecular formula is C22H38N2O5. The zero-order chi connectivity index (χ0) is 20.9. The highest BCUT2D eigenvalue weighted by Gasteiger charge is 2.42. The van der Waals surface area contributed by atoms with Gasteiger partial charge in [-0.15, -0.1) is 0 Å². The van der Waals surface area contributed by atoms with Gasteiger partial charge in [0.25, 0.3) is 0 Å². The van der Waals surface area contributed by atoms with Crippen LogP contribution in [0.4, 0.5) is 0 Å². The minimum atomic E-state index is -0.142. The minimum absolute atomic E-state index is 0.0592. The molecule has 0 radical (unpaired) electrons. The van der Waals surface area contributed by atoms with Crippen LogP contribution in [0.2, 0.25) is 0 Å². The lowest BCUT2D eigenvalue weighted by atomic mass is 9.82. The summed E-state index contributed by atoms with van der Waals surface area (Å²) in [6.07, 6.45) is 5.62. The molecule has 3 aliphatic heterocycles. The van der Waals surface area contributed by atoms with Crippen molar-refractivity contribution in [2.24, 2.45) is 5.92 Å². The first-order valence-corrected chi connectivity index (χ1v) is 11.3. The summed E-state index contributed by atoms with van der Waals surface area (Å²) in [5, 5.41) is 0. The second-order valence-corrected chi connectivity index (χ2v) is 9.04. The lowest BCUT2D eigenvalue weighted by Gasteiger charge is -2.46. The maximum Gasteiger partial charge on any atom is 0.225 e. The molecule has 0 aliphatic carbocycles. The fourth-order valence-electron chi connectivity index (χ4n) is 4.81. The van der Waals surface area contributed by atoms with E-state index in [0.29, 0.717) is 26.3 Å². The Balaban J connectivity index is 1.42. The van der Waals surface area contributed by atoms with Crippen molar-refractivity contribution in [2.45, 2.75) is 77.1 Å². The molecule has 7 nitrogen and oxygen atoms in total. The van der Waals surface area contributed by atoms with Gasteiger partial charge in [-0.05, 0) is 46.0 Å². The lowest BCUT2D eigenvalue weighted by molar-refractivity contribution is -0.166. The van der Waals surface area contributed by atoms with Crippen molar-refractivity contribution in [1.29, 1.82) is 0 Å². The number of nitrogens with zero attached hydrogens (tertiary/aromatic N) is 2. The van der Waals surface area contributed by atoms with Gasteiger partial charge in [0.05, 0.1) is 31.0 Å². The number of likely N-dealkylation sites (tertiary alicyclic amines) is 2. The molecule has 7 heteroatoms. The van der Waals surface area contributed by atoms with Crippen molar-refractivity contribution in [2.75, 3.05) is 46.0 Å². The third-order valence-corrected chi connectivity index (χ3v) is 6.61. The molecule has 1 spiro atoms. The van der Waals surface area contributed by atoms with Crippen LogP contribution < -0.4 is 0 Å². The van der Waals surface area contributed by atoms with Gasteiger partial charge in [-0.3, -0.25) is 9.59 Å². The largest absolute Gasteiger partial charge is 0.376 e. The predicted octanol–water partition coefficient (Wildman–Crippen LogP) is 2.23. The molecular weight excluding hydrogens is 372 g/mol. The van der Waals surface area contributed by atoms with Gasteiger partial charge in [-0.1, -0.05) is 0 Å². The molecule has 0 aromatic rings. The number of carbonyl (C=O) groups excluding carboxylic acids is 2. The Bertz CT molecular complexity index is 551. The van der Waals surface area contributed by atoms with E-state index in [9.17, 15) is 9.59 Å². The van der Waals surface area contributed by atoms with E-state index in [1.165, 1.54) is 0 Å². The Hall–Kier alpha value is -1.18. The molecule has 2 amide bonds. The molecule has 166 valence electrons. The Labute approximate surface area is 175 Å². The van der Waals surface area contributed by atoms with E-state index in [0.717, 1.165) is 58.2 Å². The van der Waals surface area contributed by atoms with Gasteiger partial charge < -0.3 is 24.0 Å². The Morgan fingerprint density at radius 1 is 1.03 bits per heavy atom. The van der Waals surface area contributed by atoms with Crippen molar-refractivity contribution < 1.29 is 23.8 Å². The number of hydrogen-bond acceptors (Lipinski definition) is 5. The van der Waals surface area contributed by atoms with Crippen molar-refractivity contribution in [1.82, 2.24) is 9.80 Å². The van der Waals surface area contributed by atoms with Crippen LogP contribution in [0.5, 0.6) is 0 Å². The van der Waals surface area contributed by atoms with E-state index in [4.69, 9.17) is 14.2 Å². The summed E-state index contributed by atoms with van der Waals surface area (Å²) in [5.74, 6) is 0.430. The topological polar surface area (TPSA) is 68.3 Å². The molecule has 0 N–H and O–H groups in total. The molecule has 1 atom stereocenters. The third-order valence-electron chi connectivity index (χ3n) is 6.61. The highest BCUT2D eigenvalue weighted by atomic mass is 16.5. The number of rotatable bonds is 6. The van der Waals surface area contributed by atoms with Crippen LogP contribution in [0, 0.1) is 5.92 Å². The summed E-state index contributed by atoms with van der Waals surface area (Å²) in [4.78, 5) is 28.3. The smallest absolute Gasteiger partial charge is 0.225 e. The highest BCUT2D eigenvalue weighted by Crippen LogP contribution is 2.36. The van der Waals surface area contributed by atoms with Crippen LogP contribution in [0.15, 0.2) is 0 Å². The Morgan fingerprint density at radius 3 is 2.34 bits per heavy atom. The molecule has 3 aliphatic rings. The summed E-state index contributed by atoms with van der Waals surface area (Å²) >= 11 is 0. The Morgan fingerprint density at radius 2 is 1.72 bits per heavy atom. The van der Waals surface area contributed by atoms with Crippen LogP contribution in [0.25, 0.3) is 0 Å². The van der Waals surface area contributed by atoms with Crippen molar-refractivity contribution >= 4 is 11.8 Å². The van der Waals surface area contributed by atoms with Gasteiger partial charge in [0.2, 0.25) is 11.8 Å². The van der Waals surface area contributed by atoms with E-state index >= 15 is 0 Å². The third kappa shape index (κ3) is 6.15. The second kappa shape index (κ2) is 10.2. The predicted molar refractivity (Wildman–Crippen MR) is 110 cm³/mol. The number of carbonyl (C=O) groups is 2. The first-order chi connectivity index (χ1) is 13.9. The molecule has 3 heterocycles. The summed E-state index contributed by atoms with van der Waals surface area (Å²) in [5.41, 5.74) is -0.142. The SMILES string of the molecule is CC(=O)N1CCC(C(=O)N2CCC3(CC2)CC(OCCOC(C)C)CCO3)CC1. The monoisotopic (exact) mass is 410 g/mol. The zero-order valence-corrected chi connectivity index (χ0v) is 18.4. The van der Waals surface area contributed by atoms with Gasteiger partial charge in [0, 0.05) is 52.0 Å². The van der Waals surface area contributed by atoms with E-state index in [2.05, 4.69) is 0 Å². The second-order valence-electron chi connectivity index (χ2n) is 9.04. The normalized spacial score (nSPS) is 25.6. The van der Waals surface area contributed by atoms with E-state index in [1.54, 1.807) is 6.92 Å². The van der Waals surface area contributed by atoms with Gasteiger partial charge in [0.15, 0.2) is 0 Å². The molecule has 0 bridgehead atoms. The first-order valence-electron chi connectivity index (χ1n) is 11.3.